The normalized spacial score (nSPS) is 11.3. The highest BCUT2D eigenvalue weighted by Gasteiger charge is 2.29. The van der Waals surface area contributed by atoms with Gasteiger partial charge in [-0.25, -0.2) is 18.0 Å². The Bertz CT molecular complexity index is 1100. The zero-order chi connectivity index (χ0) is 24.0. The minimum absolute atomic E-state index is 0.0249. The lowest BCUT2D eigenvalue weighted by Crippen LogP contribution is -2.17. The Morgan fingerprint density at radius 1 is 0.788 bits per heavy atom. The van der Waals surface area contributed by atoms with Gasteiger partial charge in [-0.1, -0.05) is 70.1 Å². The molecule has 1 heterocycles. The number of nitrogens with zero attached hydrogens (tertiary/aromatic N) is 1. The fourth-order valence-corrected chi connectivity index (χ4v) is 3.84. The molecule has 2 aromatic carbocycles. The fraction of sp³-hybridized carbons (Fsp3) is 0.400. The van der Waals surface area contributed by atoms with Crippen molar-refractivity contribution in [2.45, 2.75) is 64.8 Å². The van der Waals surface area contributed by atoms with Crippen molar-refractivity contribution in [1.82, 2.24) is 4.57 Å². The summed E-state index contributed by atoms with van der Waals surface area (Å²) in [6, 6.07) is 8.58. The van der Waals surface area contributed by atoms with Crippen LogP contribution < -0.4 is 4.74 Å². The van der Waals surface area contributed by atoms with Crippen molar-refractivity contribution in [1.29, 1.82) is 0 Å². The molecule has 3 nitrogen and oxygen atoms in total. The molecule has 0 atom stereocenters. The second-order valence-corrected chi connectivity index (χ2v) is 8.00. The molecule has 0 aliphatic heterocycles. The maximum atomic E-state index is 14.0. The van der Waals surface area contributed by atoms with E-state index in [0.717, 1.165) is 25.7 Å². The Balaban J connectivity index is 1.77. The number of carbonyl (C=O) groups excluding carboxylic acids is 1. The van der Waals surface area contributed by atoms with Gasteiger partial charge < -0.3 is 9.30 Å². The molecule has 0 unspecified atom stereocenters. The summed E-state index contributed by atoms with van der Waals surface area (Å²) < 4.78 is 74.5. The second kappa shape index (κ2) is 11.3. The van der Waals surface area contributed by atoms with E-state index in [1.165, 1.54) is 31.7 Å². The lowest BCUT2D eigenvalue weighted by molar-refractivity contribution is 0.0705. The van der Waals surface area contributed by atoms with Crippen molar-refractivity contribution < 1.29 is 31.5 Å². The average Bonchev–Trinajstić information content (AvgIpc) is 3.19. The van der Waals surface area contributed by atoms with Crippen molar-refractivity contribution in [3.63, 3.8) is 0 Å². The molecule has 3 rings (SSSR count). The van der Waals surface area contributed by atoms with Crippen LogP contribution in [0.1, 0.15) is 68.8 Å². The topological polar surface area (TPSA) is 31.2 Å². The highest BCUT2D eigenvalue weighted by Crippen LogP contribution is 2.30. The van der Waals surface area contributed by atoms with Crippen molar-refractivity contribution in [3.05, 3.63) is 65.1 Å². The lowest BCUT2D eigenvalue weighted by atomic mass is 10.1. The first-order chi connectivity index (χ1) is 15.9. The number of hydrogen-bond acceptors (Lipinski definition) is 2. The molecule has 178 valence electrons. The summed E-state index contributed by atoms with van der Waals surface area (Å²) in [7, 11) is 0. The van der Waals surface area contributed by atoms with E-state index in [4.69, 9.17) is 0 Å². The van der Waals surface area contributed by atoms with Crippen molar-refractivity contribution >= 4 is 16.9 Å². The highest BCUT2D eigenvalue weighted by atomic mass is 19.2. The Labute approximate surface area is 189 Å². The van der Waals surface area contributed by atoms with Gasteiger partial charge in [0.25, 0.3) is 0 Å². The molecule has 0 spiro atoms. The minimum Gasteiger partial charge on any atom is -0.415 e. The molecule has 0 amide bonds. The number of para-hydroxylation sites is 1. The van der Waals surface area contributed by atoms with Crippen LogP contribution in [0.5, 0.6) is 5.75 Å². The van der Waals surface area contributed by atoms with Crippen molar-refractivity contribution in [2.75, 3.05) is 0 Å². The van der Waals surface area contributed by atoms with Crippen LogP contribution in [0.25, 0.3) is 10.9 Å². The number of unbranched alkanes of at least 4 members (excludes halogenated alkanes) is 7. The lowest BCUT2D eigenvalue weighted by Gasteiger charge is -2.12. The molecule has 0 fully saturated rings. The molecule has 0 saturated heterocycles. The first-order valence-corrected chi connectivity index (χ1v) is 11.2. The molecule has 0 N–H and O–H groups in total. The molecular weight excluding hydrogens is 441 g/mol. The molecule has 0 aliphatic carbocycles. The first-order valence-electron chi connectivity index (χ1n) is 11.2. The van der Waals surface area contributed by atoms with Crippen LogP contribution >= 0.6 is 0 Å². The Morgan fingerprint density at radius 3 is 1.97 bits per heavy atom. The van der Waals surface area contributed by atoms with E-state index in [0.29, 0.717) is 17.4 Å². The molecule has 0 aliphatic rings. The minimum atomic E-state index is -2.31. The summed E-state index contributed by atoms with van der Waals surface area (Å²) in [6.07, 6.45) is 8.68. The number of aryl methyl sites for hydroxylation is 1. The van der Waals surface area contributed by atoms with E-state index in [1.54, 1.807) is 28.8 Å². The summed E-state index contributed by atoms with van der Waals surface area (Å²) >= 11 is 0. The highest BCUT2D eigenvalue weighted by molar-refractivity contribution is 5.96. The van der Waals surface area contributed by atoms with E-state index in [2.05, 4.69) is 11.7 Å². The van der Waals surface area contributed by atoms with E-state index in [9.17, 15) is 26.7 Å². The number of fused-ring (bicyclic) bond motifs is 1. The van der Waals surface area contributed by atoms with Crippen LogP contribution in [0.15, 0.2) is 30.3 Å². The van der Waals surface area contributed by atoms with Gasteiger partial charge in [0.2, 0.25) is 34.8 Å². The Kier molecular flexibility index (Phi) is 8.47. The molecule has 0 bridgehead atoms. The van der Waals surface area contributed by atoms with E-state index in [-0.39, 0.29) is 5.69 Å². The van der Waals surface area contributed by atoms with Gasteiger partial charge in [0.05, 0.1) is 0 Å². The van der Waals surface area contributed by atoms with Gasteiger partial charge >= 0.3 is 5.97 Å². The number of ether oxygens (including phenoxy) is 1. The zero-order valence-electron chi connectivity index (χ0n) is 18.4. The van der Waals surface area contributed by atoms with Crippen LogP contribution in [0.4, 0.5) is 22.0 Å². The maximum absolute atomic E-state index is 14.0. The average molecular weight is 467 g/mol. The predicted octanol–water partition coefficient (Wildman–Crippen LogP) is 7.70. The van der Waals surface area contributed by atoms with E-state index < -0.39 is 40.8 Å². The van der Waals surface area contributed by atoms with Crippen LogP contribution in [0, 0.1) is 29.1 Å². The summed E-state index contributed by atoms with van der Waals surface area (Å²) in [5, 5.41) is 0.696. The summed E-state index contributed by atoms with van der Waals surface area (Å²) in [4.78, 5) is 12.7. The third-order valence-corrected chi connectivity index (χ3v) is 5.62. The molecule has 8 heteroatoms. The fourth-order valence-electron chi connectivity index (χ4n) is 3.84. The van der Waals surface area contributed by atoms with Gasteiger partial charge in [-0.3, -0.25) is 0 Å². The van der Waals surface area contributed by atoms with Crippen molar-refractivity contribution in [2.24, 2.45) is 0 Å². The first kappa shape index (κ1) is 24.7. The molecular formula is C25H26F5NO2. The van der Waals surface area contributed by atoms with Crippen molar-refractivity contribution in [3.8, 4) is 5.75 Å². The number of halogens is 5. The smallest absolute Gasteiger partial charge is 0.360 e. The number of esters is 1. The number of rotatable bonds is 11. The third kappa shape index (κ3) is 5.54. The zero-order valence-corrected chi connectivity index (χ0v) is 18.4. The number of carbonyl (C=O) groups is 1. The second-order valence-electron chi connectivity index (χ2n) is 8.00. The van der Waals surface area contributed by atoms with Gasteiger partial charge in [0.1, 0.15) is 5.69 Å². The quantitative estimate of drug-likeness (QED) is 0.0723. The van der Waals surface area contributed by atoms with Crippen LogP contribution in [-0.2, 0) is 6.54 Å². The Hall–Kier alpha value is -2.90. The Morgan fingerprint density at radius 2 is 1.33 bits per heavy atom. The van der Waals surface area contributed by atoms with E-state index >= 15 is 0 Å². The number of benzene rings is 2. The number of hydrogen-bond donors (Lipinski definition) is 0. The molecule has 3 aromatic rings. The number of aromatic nitrogens is 1. The maximum Gasteiger partial charge on any atom is 0.360 e. The van der Waals surface area contributed by atoms with Gasteiger partial charge in [0.15, 0.2) is 0 Å². The molecule has 1 aromatic heterocycles. The summed E-state index contributed by atoms with van der Waals surface area (Å²) in [6.45, 7) is 2.61. The SMILES string of the molecule is CCCCCCCCCCn1c(C(=O)Oc2c(F)c(F)c(F)c(F)c2F)cc2ccccc21. The van der Waals surface area contributed by atoms with Crippen LogP contribution in [0.3, 0.4) is 0 Å². The monoisotopic (exact) mass is 467 g/mol. The van der Waals surface area contributed by atoms with Gasteiger partial charge in [-0.2, -0.15) is 8.78 Å². The molecule has 33 heavy (non-hydrogen) atoms. The largest absolute Gasteiger partial charge is 0.415 e. The standard InChI is InChI=1S/C25H26F5NO2/c1-2-3-4-5-6-7-8-11-14-31-17-13-10-9-12-16(17)15-18(31)25(32)33-24-22(29)20(27)19(26)21(28)23(24)30/h9-10,12-13,15H,2-8,11,14H2,1H3. The third-order valence-electron chi connectivity index (χ3n) is 5.62. The van der Waals surface area contributed by atoms with Gasteiger partial charge in [-0.15, -0.1) is 0 Å². The molecule has 0 radical (unpaired) electrons. The molecule has 0 saturated carbocycles. The van der Waals surface area contributed by atoms with Crippen LogP contribution in [0.2, 0.25) is 0 Å². The van der Waals surface area contributed by atoms with E-state index in [1.807, 2.05) is 0 Å². The van der Waals surface area contributed by atoms with Gasteiger partial charge in [-0.05, 0) is 18.6 Å². The van der Waals surface area contributed by atoms with Crippen LogP contribution in [-0.4, -0.2) is 10.5 Å². The van der Waals surface area contributed by atoms with Gasteiger partial charge in [0, 0.05) is 17.4 Å². The predicted molar refractivity (Wildman–Crippen MR) is 116 cm³/mol. The summed E-state index contributed by atoms with van der Waals surface area (Å²) in [5.74, 6) is -13.8. The summed E-state index contributed by atoms with van der Waals surface area (Å²) in [5.41, 5.74) is 0.688.